The van der Waals surface area contributed by atoms with Crippen molar-refractivity contribution in [2.45, 2.75) is 369 Å². The highest BCUT2D eigenvalue weighted by atomic mass is 35.6. The molecule has 37 heteroatoms. The van der Waals surface area contributed by atoms with Crippen molar-refractivity contribution in [1.29, 1.82) is 0 Å². The molecule has 4 unspecified atom stereocenters. The van der Waals surface area contributed by atoms with Gasteiger partial charge in [0.05, 0.1) is 68.5 Å². The van der Waals surface area contributed by atoms with Crippen molar-refractivity contribution in [3.8, 4) is 0 Å². The lowest BCUT2D eigenvalue weighted by atomic mass is 9.72. The van der Waals surface area contributed by atoms with Crippen LogP contribution < -0.4 is 42.9 Å². The molecule has 149 heavy (non-hydrogen) atoms. The van der Waals surface area contributed by atoms with Crippen molar-refractivity contribution < 1.29 is 91.1 Å². The molecule has 10 N–H and O–H groups in total. The van der Waals surface area contributed by atoms with Gasteiger partial charge in [-0.3, -0.25) is 87.5 Å². The van der Waals surface area contributed by atoms with Crippen LogP contribution in [0.4, 0.5) is 0 Å². The van der Waals surface area contributed by atoms with Gasteiger partial charge >= 0.3 is 23.9 Å². The zero-order valence-electron chi connectivity index (χ0n) is 86.7. The molecule has 8 amide bonds. The Morgan fingerprint density at radius 1 is 0.537 bits per heavy atom. The number of nitrogens with zero attached hydrogens (tertiary/aromatic N) is 6. The maximum atomic E-state index is 14.5. The van der Waals surface area contributed by atoms with Gasteiger partial charge in [0.25, 0.3) is 35.4 Å². The molecule has 3 saturated carbocycles. The summed E-state index contributed by atoms with van der Waals surface area (Å²) < 4.78 is 28.1. The van der Waals surface area contributed by atoms with Gasteiger partial charge in [-0.2, -0.15) is 0 Å². The molecule has 820 valence electrons. The molecule has 0 radical (unpaired) electrons. The molecule has 6 fully saturated rings. The van der Waals surface area contributed by atoms with Crippen LogP contribution >= 0.6 is 34.8 Å². The van der Waals surface area contributed by atoms with E-state index in [2.05, 4.69) is 96.6 Å². The quantitative estimate of drug-likeness (QED) is 0.0197. The summed E-state index contributed by atoms with van der Waals surface area (Å²) in [5.41, 5.74) is 13.2. The number of rotatable bonds is 15. The maximum absolute atomic E-state index is 14.5. The van der Waals surface area contributed by atoms with Crippen molar-refractivity contribution in [2.75, 3.05) is 26.2 Å². The molecule has 8 aliphatic rings. The van der Waals surface area contributed by atoms with E-state index < -0.39 is 167 Å². The lowest BCUT2D eigenvalue weighted by Crippen LogP contribution is -2.61. The second-order valence-electron chi connectivity index (χ2n) is 43.3. The Labute approximate surface area is 895 Å². The van der Waals surface area contributed by atoms with Gasteiger partial charge in [0.1, 0.15) is 42.9 Å². The maximum Gasteiger partial charge on any atom is 0.325 e. The molecule has 2 spiro atoms. The van der Waals surface area contributed by atoms with Crippen molar-refractivity contribution in [1.82, 2.24) is 72.8 Å². The fraction of sp³-hybridized carbons (Fsp3) is 0.598. The SMILES string of the molecule is C.C.C.C.CC(C)[C@@H]1OC(=O)C2(/C=C/c3ccc4ccc(nc4c3)[C@@H](C)NC(=O)[C@@H]3CCCN(N3)C(=O)[C@H](C)NC1=O)CCC(O)CC2.CC(C)c1ccc2ccc(/C=C/C3(C(=O)O[C@H](C(=O)N[C@@H](C)C(=O)N4CCC[C@@H](C(=O)OCC(Cl)(Cl)Cl)N4)C(C)C)CCC(O[Si](C)(C)C(C)(C)C)CC3)cc2n1.CC1NC(=O)C(C(C)C)OC(=O)C2(/C=C/c3ccc4ccc(nc4c3)C(C)NC(=O)C3CCCN(N3)C1=O)CCC(O)CC2. The monoisotopic (exact) mass is 2140 g/mol. The highest BCUT2D eigenvalue weighted by molar-refractivity contribution is 6.74. The number of benzene rings is 3. The summed E-state index contributed by atoms with van der Waals surface area (Å²) in [7, 11) is -2.06. The number of pyridine rings is 3. The summed E-state index contributed by atoms with van der Waals surface area (Å²) in [6, 6.07) is 23.8. The zero-order valence-corrected chi connectivity index (χ0v) is 90.0. The number of halogens is 3. The van der Waals surface area contributed by atoms with Crippen LogP contribution in [0.5, 0.6) is 0 Å². The highest BCUT2D eigenvalue weighted by Gasteiger charge is 2.50. The second kappa shape index (κ2) is 53.2. The molecule has 10 bridgehead atoms. The standard InChI is InChI=1S/C42H61Cl3N4O7Si.2C33H43N5O6.4CH4/c1-26(2)32-16-15-30-14-13-29(24-34(30)47-32)17-20-41(21-18-31(19-22-41)56-57(9,10)40(6,7)8)39(53)55-35(27(3)4)36(50)46-28(5)37(51)49-23-11-12-33(48-49)38(52)54-25-42(43,44)45;2*1-19(2)28-30(41)35-21(4)31(42)38-17-5-6-26(37-38)29(40)34-20(3)25-10-9-23-8-7-22(18-27(23)36-25)11-14-33(32(43)44-28)15-12-24(39)13-16-33;;;;/h13-17,20,24,26-28,31,33,35,48H,11-12,18-19,21-23,25H2,1-10H3,(H,46,50);2*7-11,14,18-21,24,26,28,37,39H,5-6,12-13,15-17H2,1-4H3,(H,34,40)(H,35,41);4*1H4/b20-17+;2*14-11+;;;;/t28-,31?,33-,35-,41?;20-,21+,24?,26+,28+,33?;;;;;/m01...../s1. The number of hydrogen-bond donors (Lipinski definition) is 10. The summed E-state index contributed by atoms with van der Waals surface area (Å²) >= 11 is 17.1. The van der Waals surface area contributed by atoms with Crippen molar-refractivity contribution in [3.63, 3.8) is 0 Å². The molecule has 3 aromatic carbocycles. The third kappa shape index (κ3) is 31.9. The number of hydrogen-bond acceptors (Lipinski definition) is 25. The number of alkyl halides is 3. The Hall–Kier alpha value is -10.4. The molecule has 5 aliphatic heterocycles. The van der Waals surface area contributed by atoms with E-state index in [0.717, 1.165) is 55.1 Å². The molecule has 6 aromatic rings. The van der Waals surface area contributed by atoms with E-state index >= 15 is 0 Å². The number of amides is 8. The molecular formula is C112H163Cl3N14O19Si. The Balaban J connectivity index is 0.000000272. The van der Waals surface area contributed by atoms with Crippen LogP contribution in [-0.2, 0) is 80.9 Å². The van der Waals surface area contributed by atoms with Gasteiger partial charge in [-0.05, 0) is 245 Å². The molecule has 8 heterocycles. The van der Waals surface area contributed by atoms with Crippen molar-refractivity contribution in [2.24, 2.45) is 34.0 Å². The molecular weight excluding hydrogens is 1980 g/mol. The fourth-order valence-corrected chi connectivity index (χ4v) is 20.6. The van der Waals surface area contributed by atoms with Crippen molar-refractivity contribution in [3.05, 3.63) is 143 Å². The number of carbonyl (C=O) groups excluding carboxylic acids is 12. The summed E-state index contributed by atoms with van der Waals surface area (Å²) in [6.45, 7) is 35.1. The molecule has 3 aromatic heterocycles. The second-order valence-corrected chi connectivity index (χ2v) is 50.5. The van der Waals surface area contributed by atoms with Gasteiger partial charge in [0.15, 0.2) is 26.6 Å². The van der Waals surface area contributed by atoms with E-state index in [4.69, 9.17) is 73.1 Å². The summed E-state index contributed by atoms with van der Waals surface area (Å²) in [5.74, 6) is -6.51. The van der Waals surface area contributed by atoms with Crippen molar-refractivity contribution >= 4 is 165 Å². The van der Waals surface area contributed by atoms with Gasteiger partial charge in [0, 0.05) is 47.6 Å². The number of hydrazine groups is 3. The predicted octanol–water partition coefficient (Wildman–Crippen LogP) is 17.2. The topological polar surface area (TPSA) is 436 Å². The van der Waals surface area contributed by atoms with Crippen LogP contribution in [0.3, 0.4) is 0 Å². The van der Waals surface area contributed by atoms with Crippen LogP contribution in [0, 0.1) is 34.0 Å². The highest BCUT2D eigenvalue weighted by Crippen LogP contribution is 2.47. The predicted molar refractivity (Wildman–Crippen MR) is 585 cm³/mol. The largest absolute Gasteiger partial charge is 0.460 e. The molecule has 33 nitrogen and oxygen atoms in total. The minimum absolute atomic E-state index is 0. The fourth-order valence-electron chi connectivity index (χ4n) is 19.1. The first-order chi connectivity index (χ1) is 68.3. The number of cyclic esters (lactones) is 2. The number of fused-ring (bicyclic) bond motifs is 9. The zero-order chi connectivity index (χ0) is 106. The van der Waals surface area contributed by atoms with E-state index in [1.54, 1.807) is 62.3 Å². The number of esters is 4. The van der Waals surface area contributed by atoms with E-state index in [-0.39, 0.29) is 82.5 Å². The smallest absolute Gasteiger partial charge is 0.325 e. The molecule has 3 aliphatic carbocycles. The first-order valence-electron chi connectivity index (χ1n) is 51.3. The minimum atomic E-state index is -2.06. The third-order valence-electron chi connectivity index (χ3n) is 29.3. The van der Waals surface area contributed by atoms with Gasteiger partial charge in [-0.25, -0.2) is 16.3 Å². The van der Waals surface area contributed by atoms with Gasteiger partial charge in [-0.1, -0.05) is 232 Å². The number of carbonyl (C=O) groups is 12. The van der Waals surface area contributed by atoms with E-state index in [9.17, 15) is 67.7 Å². The number of aliphatic hydroxyl groups is 2. The van der Waals surface area contributed by atoms with Gasteiger partial charge in [-0.15, -0.1) is 0 Å². The van der Waals surface area contributed by atoms with E-state index in [1.165, 1.54) is 15.0 Å². The minimum Gasteiger partial charge on any atom is -0.460 e. The number of aromatic nitrogens is 3. The summed E-state index contributed by atoms with van der Waals surface area (Å²) in [4.78, 5) is 177. The van der Waals surface area contributed by atoms with Gasteiger partial charge in [0.2, 0.25) is 15.6 Å². The average molecular weight is 2140 g/mol. The summed E-state index contributed by atoms with van der Waals surface area (Å²) in [5, 5.41) is 41.7. The van der Waals surface area contributed by atoms with Crippen LogP contribution in [0.25, 0.3) is 50.9 Å². The third-order valence-corrected chi connectivity index (χ3v) is 34.2. The lowest BCUT2D eigenvalue weighted by molar-refractivity contribution is -0.169. The number of nitrogens with one attached hydrogen (secondary N) is 8. The van der Waals surface area contributed by atoms with Crippen LogP contribution in [-0.4, -0.2) is 223 Å². The summed E-state index contributed by atoms with van der Waals surface area (Å²) in [6.07, 6.45) is 15.6. The van der Waals surface area contributed by atoms with E-state index in [0.29, 0.717) is 147 Å². The first kappa shape index (κ1) is 124. The molecule has 14 rings (SSSR count). The Bertz CT molecular complexity index is 5570. The van der Waals surface area contributed by atoms with Gasteiger partial charge < -0.3 is 60.2 Å². The Morgan fingerprint density at radius 2 is 0.966 bits per heavy atom. The van der Waals surface area contributed by atoms with Crippen LogP contribution in [0.2, 0.25) is 18.1 Å². The molecule has 3 saturated heterocycles. The Morgan fingerprint density at radius 3 is 1.40 bits per heavy atom. The lowest BCUT2D eigenvalue weighted by Gasteiger charge is -2.43. The number of ether oxygens (including phenoxy) is 4. The molecule has 11 atom stereocenters. The van der Waals surface area contributed by atoms with Crippen LogP contribution in [0.1, 0.15) is 308 Å². The van der Waals surface area contributed by atoms with Crippen LogP contribution in [0.15, 0.2) is 109 Å². The average Bonchev–Trinajstić information content (AvgIpc) is 1.31. The first-order valence-corrected chi connectivity index (χ1v) is 55.3. The normalized spacial score (nSPS) is 27.1. The Kier molecular flexibility index (Phi) is 44.2. The number of aliphatic hydroxyl groups excluding tert-OH is 2. The van der Waals surface area contributed by atoms with E-state index in [1.807, 2.05) is 135 Å².